The molecule has 1 amide bonds. The Labute approximate surface area is 140 Å². The summed E-state index contributed by atoms with van der Waals surface area (Å²) in [6.45, 7) is 2.40. The number of hydrogen-bond donors (Lipinski definition) is 2. The maximum Gasteiger partial charge on any atom is 0.255 e. The van der Waals surface area contributed by atoms with Crippen molar-refractivity contribution in [1.29, 1.82) is 0 Å². The zero-order valence-corrected chi connectivity index (χ0v) is 13.4. The number of rotatable bonds is 5. The van der Waals surface area contributed by atoms with Gasteiger partial charge in [-0.2, -0.15) is 0 Å². The summed E-state index contributed by atoms with van der Waals surface area (Å²) in [5, 5.41) is 2.94. The number of nitrogens with one attached hydrogen (secondary N) is 1. The van der Waals surface area contributed by atoms with E-state index in [0.717, 1.165) is 31.5 Å². The molecule has 5 nitrogen and oxygen atoms in total. The summed E-state index contributed by atoms with van der Waals surface area (Å²) in [5.74, 6) is -0.285. The lowest BCUT2D eigenvalue weighted by Gasteiger charge is -2.28. The standard InChI is InChI=1S/C18H21FN4O/c19-14-7-5-13(6-8-14)16(23-10-1-2-11-23)12-22-18(24)15-4-3-9-21-17(15)20/h3-9,16H,1-2,10-12H2,(H2,20,21)(H,22,24). The second kappa shape index (κ2) is 7.40. The number of carbonyl (C=O) groups is 1. The topological polar surface area (TPSA) is 71.2 Å². The number of amides is 1. The summed E-state index contributed by atoms with van der Waals surface area (Å²) < 4.78 is 13.2. The number of nitrogens with two attached hydrogens (primary N) is 1. The number of hydrogen-bond acceptors (Lipinski definition) is 4. The molecule has 1 aliphatic heterocycles. The molecule has 0 spiro atoms. The smallest absolute Gasteiger partial charge is 0.255 e. The Hall–Kier alpha value is -2.47. The Bertz CT molecular complexity index is 698. The second-order valence-corrected chi connectivity index (χ2v) is 5.96. The zero-order chi connectivity index (χ0) is 16.9. The first-order valence-corrected chi connectivity index (χ1v) is 8.13. The molecule has 2 heterocycles. The van der Waals surface area contributed by atoms with Gasteiger partial charge in [0.25, 0.3) is 5.91 Å². The first-order chi connectivity index (χ1) is 11.6. The molecule has 3 rings (SSSR count). The molecule has 24 heavy (non-hydrogen) atoms. The van der Waals surface area contributed by atoms with E-state index in [2.05, 4.69) is 15.2 Å². The van der Waals surface area contributed by atoms with Gasteiger partial charge in [-0.3, -0.25) is 9.69 Å². The van der Waals surface area contributed by atoms with E-state index >= 15 is 0 Å². The van der Waals surface area contributed by atoms with Crippen molar-refractivity contribution in [3.8, 4) is 0 Å². The first kappa shape index (κ1) is 16.4. The van der Waals surface area contributed by atoms with Crippen LogP contribution >= 0.6 is 0 Å². The molecule has 126 valence electrons. The highest BCUT2D eigenvalue weighted by Crippen LogP contribution is 2.25. The van der Waals surface area contributed by atoms with Crippen LogP contribution in [0, 0.1) is 5.82 Å². The van der Waals surface area contributed by atoms with Crippen molar-refractivity contribution in [2.24, 2.45) is 0 Å². The van der Waals surface area contributed by atoms with Crippen LogP contribution in [0.4, 0.5) is 10.2 Å². The molecule has 1 aromatic carbocycles. The first-order valence-electron chi connectivity index (χ1n) is 8.13. The van der Waals surface area contributed by atoms with Crippen LogP contribution in [0.2, 0.25) is 0 Å². The third-order valence-corrected chi connectivity index (χ3v) is 4.38. The number of carbonyl (C=O) groups excluding carboxylic acids is 1. The van der Waals surface area contributed by atoms with Gasteiger partial charge in [0, 0.05) is 12.7 Å². The Balaban J connectivity index is 1.73. The third kappa shape index (κ3) is 3.71. The lowest BCUT2D eigenvalue weighted by molar-refractivity contribution is 0.0938. The lowest BCUT2D eigenvalue weighted by Crippen LogP contribution is -2.37. The Morgan fingerprint density at radius 3 is 2.62 bits per heavy atom. The van der Waals surface area contributed by atoms with Crippen LogP contribution in [0.3, 0.4) is 0 Å². The van der Waals surface area contributed by atoms with E-state index in [1.165, 1.54) is 12.1 Å². The number of nitrogens with zero attached hydrogens (tertiary/aromatic N) is 2. The third-order valence-electron chi connectivity index (χ3n) is 4.38. The van der Waals surface area contributed by atoms with E-state index in [4.69, 9.17) is 5.73 Å². The number of likely N-dealkylation sites (tertiary alicyclic amines) is 1. The van der Waals surface area contributed by atoms with Gasteiger partial charge in [-0.25, -0.2) is 9.37 Å². The number of anilines is 1. The van der Waals surface area contributed by atoms with Crippen molar-refractivity contribution >= 4 is 11.7 Å². The number of halogens is 1. The molecule has 3 N–H and O–H groups in total. The van der Waals surface area contributed by atoms with Crippen LogP contribution in [0.1, 0.15) is 34.8 Å². The minimum Gasteiger partial charge on any atom is -0.383 e. The maximum absolute atomic E-state index is 13.2. The molecule has 1 atom stereocenters. The summed E-state index contributed by atoms with van der Waals surface area (Å²) >= 11 is 0. The van der Waals surface area contributed by atoms with Gasteiger partial charge in [-0.1, -0.05) is 12.1 Å². The van der Waals surface area contributed by atoms with E-state index in [9.17, 15) is 9.18 Å². The summed E-state index contributed by atoms with van der Waals surface area (Å²) in [6, 6.07) is 9.84. The van der Waals surface area contributed by atoms with Crippen LogP contribution in [-0.2, 0) is 0 Å². The van der Waals surface area contributed by atoms with Crippen molar-refractivity contribution in [3.63, 3.8) is 0 Å². The Kier molecular flexibility index (Phi) is 5.05. The average molecular weight is 328 g/mol. The van der Waals surface area contributed by atoms with Crippen molar-refractivity contribution in [2.75, 3.05) is 25.4 Å². The van der Waals surface area contributed by atoms with Gasteiger partial charge < -0.3 is 11.1 Å². The molecule has 1 aromatic heterocycles. The van der Waals surface area contributed by atoms with Gasteiger partial charge >= 0.3 is 0 Å². The monoisotopic (exact) mass is 328 g/mol. The molecule has 1 aliphatic rings. The summed E-state index contributed by atoms with van der Waals surface area (Å²) in [5.41, 5.74) is 7.12. The highest BCUT2D eigenvalue weighted by molar-refractivity contribution is 5.98. The van der Waals surface area contributed by atoms with Gasteiger partial charge in [-0.05, 0) is 55.8 Å². The van der Waals surface area contributed by atoms with E-state index in [0.29, 0.717) is 12.1 Å². The minimum absolute atomic E-state index is 0.0231. The summed E-state index contributed by atoms with van der Waals surface area (Å²) in [4.78, 5) is 18.6. The maximum atomic E-state index is 13.2. The summed E-state index contributed by atoms with van der Waals surface area (Å²) in [7, 11) is 0. The molecule has 2 aromatic rings. The normalized spacial score (nSPS) is 16.0. The zero-order valence-electron chi connectivity index (χ0n) is 13.4. The van der Waals surface area contributed by atoms with Crippen molar-refractivity contribution in [3.05, 3.63) is 59.5 Å². The number of aromatic nitrogens is 1. The van der Waals surface area contributed by atoms with Crippen molar-refractivity contribution < 1.29 is 9.18 Å². The van der Waals surface area contributed by atoms with Gasteiger partial charge in [-0.15, -0.1) is 0 Å². The second-order valence-electron chi connectivity index (χ2n) is 5.96. The molecular formula is C18H21FN4O. The van der Waals surface area contributed by atoms with Crippen LogP contribution in [0.25, 0.3) is 0 Å². The number of nitrogen functional groups attached to an aromatic ring is 1. The minimum atomic E-state index is -0.258. The fourth-order valence-corrected chi connectivity index (χ4v) is 3.09. The van der Waals surface area contributed by atoms with Crippen LogP contribution in [0.15, 0.2) is 42.6 Å². The predicted octanol–water partition coefficient (Wildman–Crippen LogP) is 2.37. The van der Waals surface area contributed by atoms with Gasteiger partial charge in [0.15, 0.2) is 0 Å². The molecule has 0 aliphatic carbocycles. The molecule has 0 radical (unpaired) electrons. The highest BCUT2D eigenvalue weighted by atomic mass is 19.1. The average Bonchev–Trinajstić information content (AvgIpc) is 3.11. The molecular weight excluding hydrogens is 307 g/mol. The Morgan fingerprint density at radius 1 is 1.25 bits per heavy atom. The van der Waals surface area contributed by atoms with Gasteiger partial charge in [0.2, 0.25) is 0 Å². The SMILES string of the molecule is Nc1ncccc1C(=O)NCC(c1ccc(F)cc1)N1CCCC1. The van der Waals surface area contributed by atoms with E-state index in [1.807, 2.05) is 0 Å². The predicted molar refractivity (Wildman–Crippen MR) is 90.9 cm³/mol. The van der Waals surface area contributed by atoms with Gasteiger partial charge in [0.1, 0.15) is 11.6 Å². The highest BCUT2D eigenvalue weighted by Gasteiger charge is 2.24. The fraction of sp³-hybridized carbons (Fsp3) is 0.333. The van der Waals surface area contributed by atoms with E-state index in [-0.39, 0.29) is 23.6 Å². The Morgan fingerprint density at radius 2 is 1.96 bits per heavy atom. The molecule has 1 fully saturated rings. The number of pyridine rings is 1. The molecule has 6 heteroatoms. The van der Waals surface area contributed by atoms with Gasteiger partial charge in [0.05, 0.1) is 11.6 Å². The lowest BCUT2D eigenvalue weighted by atomic mass is 10.1. The van der Waals surface area contributed by atoms with Crippen LogP contribution in [-0.4, -0.2) is 35.4 Å². The molecule has 0 bridgehead atoms. The van der Waals surface area contributed by atoms with Crippen LogP contribution in [0.5, 0.6) is 0 Å². The van der Waals surface area contributed by atoms with E-state index < -0.39 is 0 Å². The fourth-order valence-electron chi connectivity index (χ4n) is 3.09. The summed E-state index contributed by atoms with van der Waals surface area (Å²) in [6.07, 6.45) is 3.83. The molecule has 0 saturated carbocycles. The quantitative estimate of drug-likeness (QED) is 0.884. The molecule has 1 saturated heterocycles. The van der Waals surface area contributed by atoms with Crippen molar-refractivity contribution in [2.45, 2.75) is 18.9 Å². The molecule has 1 unspecified atom stereocenters. The van der Waals surface area contributed by atoms with Crippen LogP contribution < -0.4 is 11.1 Å². The van der Waals surface area contributed by atoms with Crippen molar-refractivity contribution in [1.82, 2.24) is 15.2 Å². The number of benzene rings is 1. The largest absolute Gasteiger partial charge is 0.383 e. The van der Waals surface area contributed by atoms with E-state index in [1.54, 1.807) is 30.5 Å².